The van der Waals surface area contributed by atoms with Crippen molar-refractivity contribution in [2.45, 2.75) is 18.9 Å². The van der Waals surface area contributed by atoms with Crippen molar-refractivity contribution in [1.29, 1.82) is 0 Å². The van der Waals surface area contributed by atoms with E-state index in [1.54, 1.807) is 37.4 Å². The fraction of sp³-hybridized carbons (Fsp3) is 0.350. The maximum absolute atomic E-state index is 12.1. The summed E-state index contributed by atoms with van der Waals surface area (Å²) < 4.78 is 5.34. The van der Waals surface area contributed by atoms with Crippen LogP contribution in [0.3, 0.4) is 0 Å². The summed E-state index contributed by atoms with van der Waals surface area (Å²) in [4.78, 5) is 15.7. The SMILES string of the molecule is COc1ccc(N(C[C@@H]2CCCN2C)C(=O)O)c(-c2cc(Cl)cc(Cl)c2)c1. The fourth-order valence-electron chi connectivity index (χ4n) is 3.52. The third-order valence-electron chi connectivity index (χ3n) is 4.96. The summed E-state index contributed by atoms with van der Waals surface area (Å²) in [5.74, 6) is 0.633. The minimum Gasteiger partial charge on any atom is -0.497 e. The van der Waals surface area contributed by atoms with Gasteiger partial charge in [-0.1, -0.05) is 23.2 Å². The molecule has 27 heavy (non-hydrogen) atoms. The Morgan fingerprint density at radius 1 is 1.26 bits per heavy atom. The van der Waals surface area contributed by atoms with Gasteiger partial charge < -0.3 is 14.7 Å². The Bertz CT molecular complexity index is 824. The Morgan fingerprint density at radius 2 is 1.96 bits per heavy atom. The number of likely N-dealkylation sites (N-methyl/N-ethyl adjacent to an activating group) is 1. The van der Waals surface area contributed by atoms with E-state index < -0.39 is 6.09 Å². The molecule has 1 atom stereocenters. The average Bonchev–Trinajstić information content (AvgIpc) is 3.03. The fourth-order valence-corrected chi connectivity index (χ4v) is 4.04. The van der Waals surface area contributed by atoms with Crippen LogP contribution < -0.4 is 9.64 Å². The Labute approximate surface area is 169 Å². The van der Waals surface area contributed by atoms with Crippen LogP contribution in [0, 0.1) is 0 Å². The van der Waals surface area contributed by atoms with Crippen LogP contribution in [-0.2, 0) is 0 Å². The molecule has 0 radical (unpaired) electrons. The molecule has 1 N–H and O–H groups in total. The quantitative estimate of drug-likeness (QED) is 0.733. The van der Waals surface area contributed by atoms with Crippen LogP contribution >= 0.6 is 23.2 Å². The number of carbonyl (C=O) groups is 1. The highest BCUT2D eigenvalue weighted by atomic mass is 35.5. The van der Waals surface area contributed by atoms with Gasteiger partial charge in [-0.3, -0.25) is 4.90 Å². The molecular weight excluding hydrogens is 387 g/mol. The number of hydrogen-bond donors (Lipinski definition) is 1. The number of rotatable bonds is 5. The predicted molar refractivity (Wildman–Crippen MR) is 109 cm³/mol. The molecule has 0 bridgehead atoms. The van der Waals surface area contributed by atoms with E-state index in [1.165, 1.54) is 4.90 Å². The molecule has 0 unspecified atom stereocenters. The lowest BCUT2D eigenvalue weighted by Gasteiger charge is -2.28. The highest BCUT2D eigenvalue weighted by Crippen LogP contribution is 2.37. The first-order valence-electron chi connectivity index (χ1n) is 8.74. The molecular formula is C20H22Cl2N2O3. The summed E-state index contributed by atoms with van der Waals surface area (Å²) >= 11 is 12.3. The lowest BCUT2D eigenvalue weighted by Crippen LogP contribution is -2.41. The molecule has 3 rings (SSSR count). The van der Waals surface area contributed by atoms with Gasteiger partial charge in [0, 0.05) is 28.2 Å². The molecule has 0 saturated carbocycles. The number of nitrogens with zero attached hydrogens (tertiary/aromatic N) is 2. The van der Waals surface area contributed by atoms with E-state index in [0.29, 0.717) is 33.6 Å². The van der Waals surface area contributed by atoms with Crippen LogP contribution in [0.2, 0.25) is 10.0 Å². The molecule has 1 aliphatic rings. The maximum Gasteiger partial charge on any atom is 0.411 e. The topological polar surface area (TPSA) is 53.0 Å². The molecule has 1 heterocycles. The standard InChI is InChI=1S/C20H22Cl2N2O3/c1-23-7-3-4-16(23)12-24(20(25)26)19-6-5-17(27-2)11-18(19)13-8-14(21)10-15(22)9-13/h5-6,8-11,16H,3-4,7,12H2,1-2H3,(H,25,26)/t16-/m0/s1. The van der Waals surface area contributed by atoms with Gasteiger partial charge in [0.1, 0.15) is 5.75 Å². The zero-order valence-corrected chi connectivity index (χ0v) is 16.8. The normalized spacial score (nSPS) is 17.1. The molecule has 1 saturated heterocycles. The van der Waals surface area contributed by atoms with Crippen molar-refractivity contribution >= 4 is 35.0 Å². The number of anilines is 1. The third kappa shape index (κ3) is 4.49. The van der Waals surface area contributed by atoms with Crippen LogP contribution in [-0.4, -0.2) is 49.4 Å². The summed E-state index contributed by atoms with van der Waals surface area (Å²) in [6.07, 6.45) is 1.07. The molecule has 0 spiro atoms. The number of amides is 1. The third-order valence-corrected chi connectivity index (χ3v) is 5.40. The van der Waals surface area contributed by atoms with E-state index in [1.807, 2.05) is 13.1 Å². The van der Waals surface area contributed by atoms with Gasteiger partial charge in [-0.2, -0.15) is 0 Å². The molecule has 1 amide bonds. The Morgan fingerprint density at radius 3 is 2.52 bits per heavy atom. The highest BCUT2D eigenvalue weighted by molar-refractivity contribution is 6.35. The zero-order valence-electron chi connectivity index (χ0n) is 15.3. The summed E-state index contributed by atoms with van der Waals surface area (Å²) in [6.45, 7) is 1.39. The van der Waals surface area contributed by atoms with Crippen molar-refractivity contribution in [3.8, 4) is 16.9 Å². The van der Waals surface area contributed by atoms with Crippen LogP contribution in [0.15, 0.2) is 36.4 Å². The Balaban J connectivity index is 2.08. The smallest absolute Gasteiger partial charge is 0.411 e. The minimum absolute atomic E-state index is 0.194. The van der Waals surface area contributed by atoms with E-state index in [4.69, 9.17) is 27.9 Å². The first-order chi connectivity index (χ1) is 12.9. The van der Waals surface area contributed by atoms with Crippen LogP contribution in [0.25, 0.3) is 11.1 Å². The summed E-state index contributed by atoms with van der Waals surface area (Å²) in [6, 6.07) is 10.7. The van der Waals surface area contributed by atoms with Gasteiger partial charge >= 0.3 is 6.09 Å². The van der Waals surface area contributed by atoms with Gasteiger partial charge in [0.25, 0.3) is 0 Å². The summed E-state index contributed by atoms with van der Waals surface area (Å²) in [5.41, 5.74) is 2.04. The minimum atomic E-state index is -0.991. The monoisotopic (exact) mass is 408 g/mol. The van der Waals surface area contributed by atoms with Crippen molar-refractivity contribution in [2.75, 3.05) is 32.1 Å². The molecule has 1 aliphatic heterocycles. The summed E-state index contributed by atoms with van der Waals surface area (Å²) in [7, 11) is 3.61. The number of methoxy groups -OCH3 is 1. The van der Waals surface area contributed by atoms with E-state index in [2.05, 4.69) is 4.90 Å². The molecule has 144 valence electrons. The van der Waals surface area contributed by atoms with Crippen molar-refractivity contribution in [2.24, 2.45) is 0 Å². The first-order valence-corrected chi connectivity index (χ1v) is 9.50. The number of carboxylic acid groups (broad SMARTS) is 1. The number of benzene rings is 2. The first kappa shape index (κ1) is 19.8. The number of likely N-dealkylation sites (tertiary alicyclic amines) is 1. The molecule has 0 aliphatic carbocycles. The van der Waals surface area contributed by atoms with Crippen molar-refractivity contribution in [3.63, 3.8) is 0 Å². The van der Waals surface area contributed by atoms with Crippen molar-refractivity contribution in [3.05, 3.63) is 46.4 Å². The average molecular weight is 409 g/mol. The number of hydrogen-bond acceptors (Lipinski definition) is 3. The van der Waals surface area contributed by atoms with Crippen molar-refractivity contribution < 1.29 is 14.6 Å². The van der Waals surface area contributed by atoms with Crippen LogP contribution in [0.1, 0.15) is 12.8 Å². The summed E-state index contributed by atoms with van der Waals surface area (Å²) in [5, 5.41) is 10.9. The Hall–Kier alpha value is -1.95. The van der Waals surface area contributed by atoms with Gasteiger partial charge in [-0.05, 0) is 68.4 Å². The van der Waals surface area contributed by atoms with Gasteiger partial charge in [-0.15, -0.1) is 0 Å². The second-order valence-corrected chi connectivity index (χ2v) is 7.58. The lowest BCUT2D eigenvalue weighted by molar-refractivity contribution is 0.198. The number of ether oxygens (including phenoxy) is 1. The maximum atomic E-state index is 12.1. The lowest BCUT2D eigenvalue weighted by atomic mass is 10.0. The van der Waals surface area contributed by atoms with Crippen LogP contribution in [0.4, 0.5) is 10.5 Å². The van der Waals surface area contributed by atoms with E-state index in [-0.39, 0.29) is 6.04 Å². The predicted octanol–water partition coefficient (Wildman–Crippen LogP) is 5.25. The molecule has 1 fully saturated rings. The highest BCUT2D eigenvalue weighted by Gasteiger charge is 2.28. The molecule has 2 aromatic carbocycles. The second kappa shape index (κ2) is 8.38. The van der Waals surface area contributed by atoms with Gasteiger partial charge in [0.05, 0.1) is 12.8 Å². The van der Waals surface area contributed by atoms with Gasteiger partial charge in [0.15, 0.2) is 0 Å². The largest absolute Gasteiger partial charge is 0.497 e. The van der Waals surface area contributed by atoms with Gasteiger partial charge in [0.2, 0.25) is 0 Å². The molecule has 0 aromatic heterocycles. The molecule has 7 heteroatoms. The number of halogens is 2. The second-order valence-electron chi connectivity index (χ2n) is 6.71. The van der Waals surface area contributed by atoms with Crippen LogP contribution in [0.5, 0.6) is 5.75 Å². The van der Waals surface area contributed by atoms with E-state index in [0.717, 1.165) is 24.9 Å². The van der Waals surface area contributed by atoms with E-state index >= 15 is 0 Å². The van der Waals surface area contributed by atoms with Crippen molar-refractivity contribution in [1.82, 2.24) is 4.90 Å². The van der Waals surface area contributed by atoms with E-state index in [9.17, 15) is 9.90 Å². The molecule has 2 aromatic rings. The Kier molecular flexibility index (Phi) is 6.15. The zero-order chi connectivity index (χ0) is 19.6. The van der Waals surface area contributed by atoms with Gasteiger partial charge in [-0.25, -0.2) is 4.79 Å². The molecule has 5 nitrogen and oxygen atoms in total.